The Kier molecular flexibility index (Phi) is 8.07. The molecule has 0 N–H and O–H groups in total. The van der Waals surface area contributed by atoms with Crippen molar-refractivity contribution in [3.05, 3.63) is 59.7 Å². The molecule has 0 saturated heterocycles. The molecule has 0 aromatic heterocycles. The lowest BCUT2D eigenvalue weighted by Gasteiger charge is -2.06. The van der Waals surface area contributed by atoms with Crippen LogP contribution in [0.3, 0.4) is 0 Å². The minimum Gasteiger partial charge on any atom is -0.292 e. The van der Waals surface area contributed by atoms with Crippen LogP contribution in [-0.4, -0.2) is 36.7 Å². The van der Waals surface area contributed by atoms with E-state index in [-0.39, 0.29) is 22.3 Å². The molecule has 0 amide bonds. The molecule has 0 aliphatic carbocycles. The van der Waals surface area contributed by atoms with Crippen molar-refractivity contribution in [3.63, 3.8) is 0 Å². The van der Waals surface area contributed by atoms with Crippen molar-refractivity contribution < 1.29 is 38.7 Å². The fourth-order valence-electron chi connectivity index (χ4n) is 1.39. The van der Waals surface area contributed by atoms with Crippen LogP contribution in [0.4, 0.5) is 0 Å². The number of carbonyl (C=O) groups is 4. The topological polar surface area (TPSA) is 105 Å². The number of rotatable bonds is 10. The number of hydrogen-bond donors (Lipinski definition) is 0. The highest BCUT2D eigenvalue weighted by Crippen LogP contribution is 2.09. The highest BCUT2D eigenvalue weighted by Gasteiger charge is 2.15. The molecule has 0 spiro atoms. The maximum absolute atomic E-state index is 11.8. The van der Waals surface area contributed by atoms with E-state index in [1.807, 2.05) is 0 Å². The van der Waals surface area contributed by atoms with Crippen molar-refractivity contribution >= 4 is 23.5 Å². The number of benzene rings is 1. The van der Waals surface area contributed by atoms with E-state index in [1.165, 1.54) is 38.1 Å². The first-order chi connectivity index (χ1) is 12.2. The molecular formula is C18H18O8. The van der Waals surface area contributed by atoms with E-state index in [0.717, 1.165) is 0 Å². The van der Waals surface area contributed by atoms with Gasteiger partial charge >= 0.3 is 11.9 Å². The normalized spacial score (nSPS) is 9.92. The van der Waals surface area contributed by atoms with Gasteiger partial charge in [-0.2, -0.15) is 9.78 Å². The van der Waals surface area contributed by atoms with E-state index < -0.39 is 36.7 Å². The van der Waals surface area contributed by atoms with Crippen LogP contribution in [0.2, 0.25) is 0 Å². The summed E-state index contributed by atoms with van der Waals surface area (Å²) in [5.41, 5.74) is 0.493. The van der Waals surface area contributed by atoms with Crippen molar-refractivity contribution in [3.8, 4) is 0 Å². The van der Waals surface area contributed by atoms with Crippen molar-refractivity contribution in [1.82, 2.24) is 0 Å². The second-order valence-electron chi connectivity index (χ2n) is 5.25. The molecule has 0 heterocycles. The lowest BCUT2D eigenvalue weighted by Crippen LogP contribution is -2.15. The van der Waals surface area contributed by atoms with E-state index >= 15 is 0 Å². The van der Waals surface area contributed by atoms with Crippen LogP contribution in [0.25, 0.3) is 0 Å². The van der Waals surface area contributed by atoms with Gasteiger partial charge in [0.1, 0.15) is 0 Å². The molecule has 8 heteroatoms. The summed E-state index contributed by atoms with van der Waals surface area (Å²) in [6, 6.07) is 5.33. The standard InChI is InChI=1S/C18H18O8/c1-11(2)15(19)9-23-25-17(21)13-6-5-7-14(8-13)18(22)26-24-10-16(20)12(3)4/h5-8H,1,3,9-10H2,2,4H3. The average Bonchev–Trinajstić information content (AvgIpc) is 2.61. The third-order valence-electron chi connectivity index (χ3n) is 2.94. The Morgan fingerprint density at radius 1 is 0.808 bits per heavy atom. The lowest BCUT2D eigenvalue weighted by molar-refractivity contribution is -0.236. The second kappa shape index (κ2) is 10.0. The highest BCUT2D eigenvalue weighted by molar-refractivity contribution is 5.96. The van der Waals surface area contributed by atoms with Gasteiger partial charge in [-0.1, -0.05) is 19.2 Å². The van der Waals surface area contributed by atoms with Gasteiger partial charge in [-0.3, -0.25) is 19.4 Å². The monoisotopic (exact) mass is 362 g/mol. The Morgan fingerprint density at radius 3 is 1.54 bits per heavy atom. The maximum Gasteiger partial charge on any atom is 0.373 e. The summed E-state index contributed by atoms with van der Waals surface area (Å²) in [6.45, 7) is 8.91. The zero-order chi connectivity index (χ0) is 19.7. The first kappa shape index (κ1) is 20.9. The van der Waals surface area contributed by atoms with Crippen LogP contribution < -0.4 is 0 Å². The first-order valence-corrected chi connectivity index (χ1v) is 7.37. The summed E-state index contributed by atoms with van der Waals surface area (Å²) in [4.78, 5) is 64.3. The van der Waals surface area contributed by atoms with Crippen molar-refractivity contribution in [2.45, 2.75) is 13.8 Å². The molecule has 0 aliphatic heterocycles. The number of Topliss-reactive ketones (excluding diaryl/α,β-unsaturated/α-hetero) is 2. The molecule has 26 heavy (non-hydrogen) atoms. The summed E-state index contributed by atoms with van der Waals surface area (Å²) in [5, 5.41) is 0. The number of hydrogen-bond acceptors (Lipinski definition) is 8. The van der Waals surface area contributed by atoms with Gasteiger partial charge < -0.3 is 0 Å². The zero-order valence-electron chi connectivity index (χ0n) is 14.4. The van der Waals surface area contributed by atoms with Crippen LogP contribution in [-0.2, 0) is 29.1 Å². The SMILES string of the molecule is C=C(C)C(=O)COOC(=O)c1cccc(C(=O)OOCC(=O)C(=C)C)c1. The molecule has 138 valence electrons. The van der Waals surface area contributed by atoms with Crippen LogP contribution in [0.1, 0.15) is 34.6 Å². The summed E-state index contributed by atoms with van der Waals surface area (Å²) in [6.07, 6.45) is 0. The van der Waals surface area contributed by atoms with E-state index in [2.05, 4.69) is 32.7 Å². The van der Waals surface area contributed by atoms with E-state index in [9.17, 15) is 19.2 Å². The Morgan fingerprint density at radius 2 is 1.19 bits per heavy atom. The zero-order valence-corrected chi connectivity index (χ0v) is 14.4. The molecule has 1 rings (SSSR count). The Labute approximate surface area is 149 Å². The van der Waals surface area contributed by atoms with Gasteiger partial charge in [0.2, 0.25) is 0 Å². The molecule has 0 atom stereocenters. The molecule has 8 nitrogen and oxygen atoms in total. The van der Waals surface area contributed by atoms with Crippen LogP contribution in [0.15, 0.2) is 48.6 Å². The molecule has 0 saturated carbocycles. The van der Waals surface area contributed by atoms with Gasteiger partial charge in [-0.15, -0.1) is 0 Å². The van der Waals surface area contributed by atoms with Crippen molar-refractivity contribution in [2.24, 2.45) is 0 Å². The number of ketones is 2. The molecule has 0 bridgehead atoms. The molecular weight excluding hydrogens is 344 g/mol. The summed E-state index contributed by atoms with van der Waals surface area (Å²) >= 11 is 0. The minimum absolute atomic E-state index is 0.0137. The fourth-order valence-corrected chi connectivity index (χ4v) is 1.39. The summed E-state index contributed by atoms with van der Waals surface area (Å²) in [5.74, 6) is -2.66. The van der Waals surface area contributed by atoms with Crippen LogP contribution >= 0.6 is 0 Å². The maximum atomic E-state index is 11.8. The molecule has 0 aliphatic rings. The van der Waals surface area contributed by atoms with E-state index in [1.54, 1.807) is 0 Å². The predicted molar refractivity (Wildman–Crippen MR) is 88.8 cm³/mol. The van der Waals surface area contributed by atoms with Gasteiger partial charge in [0.05, 0.1) is 11.1 Å². The van der Waals surface area contributed by atoms with Crippen molar-refractivity contribution in [2.75, 3.05) is 13.2 Å². The molecule has 1 aromatic carbocycles. The quantitative estimate of drug-likeness (QED) is 0.354. The van der Waals surface area contributed by atoms with Crippen LogP contribution in [0, 0.1) is 0 Å². The summed E-state index contributed by atoms with van der Waals surface area (Å²) < 4.78 is 0. The van der Waals surface area contributed by atoms with Gasteiger partial charge in [0.15, 0.2) is 24.8 Å². The molecule has 0 fully saturated rings. The average molecular weight is 362 g/mol. The largest absolute Gasteiger partial charge is 0.373 e. The fraction of sp³-hybridized carbons (Fsp3) is 0.222. The van der Waals surface area contributed by atoms with Gasteiger partial charge in [-0.05, 0) is 43.2 Å². The molecule has 0 radical (unpaired) electrons. The smallest absolute Gasteiger partial charge is 0.292 e. The van der Waals surface area contributed by atoms with Gasteiger partial charge in [-0.25, -0.2) is 9.59 Å². The predicted octanol–water partition coefficient (Wildman–Crippen LogP) is 2.15. The molecule has 0 unspecified atom stereocenters. The molecule has 1 aromatic rings. The van der Waals surface area contributed by atoms with E-state index in [0.29, 0.717) is 0 Å². The third-order valence-corrected chi connectivity index (χ3v) is 2.94. The van der Waals surface area contributed by atoms with Crippen molar-refractivity contribution in [1.29, 1.82) is 0 Å². The lowest BCUT2D eigenvalue weighted by atomic mass is 10.1. The van der Waals surface area contributed by atoms with Gasteiger partial charge in [0.25, 0.3) is 0 Å². The summed E-state index contributed by atoms with van der Waals surface area (Å²) in [7, 11) is 0. The Bertz CT molecular complexity index is 688. The third kappa shape index (κ3) is 6.80. The van der Waals surface area contributed by atoms with E-state index in [4.69, 9.17) is 0 Å². The second-order valence-corrected chi connectivity index (χ2v) is 5.25. The minimum atomic E-state index is -0.910. The first-order valence-electron chi connectivity index (χ1n) is 7.37. The highest BCUT2D eigenvalue weighted by atomic mass is 17.2. The van der Waals surface area contributed by atoms with Gasteiger partial charge in [0, 0.05) is 0 Å². The Hall–Kier alpha value is -3.10. The number of carbonyl (C=O) groups excluding carboxylic acids is 4. The van der Waals surface area contributed by atoms with Crippen LogP contribution in [0.5, 0.6) is 0 Å². The Balaban J connectivity index is 2.58.